The molecule has 0 aliphatic carbocycles. The van der Waals surface area contributed by atoms with E-state index >= 15 is 0 Å². The molecule has 5 heteroatoms. The molecule has 1 heterocycles. The Labute approximate surface area is 106 Å². The lowest BCUT2D eigenvalue weighted by atomic mass is 10.2. The van der Waals surface area contributed by atoms with Gasteiger partial charge in [-0.25, -0.2) is 9.37 Å². The second-order valence-electron chi connectivity index (χ2n) is 3.34. The van der Waals surface area contributed by atoms with E-state index in [0.717, 1.165) is 0 Å². The first kappa shape index (κ1) is 11.6. The van der Waals surface area contributed by atoms with Gasteiger partial charge in [0, 0.05) is 10.0 Å². The van der Waals surface area contributed by atoms with Crippen LogP contribution in [-0.2, 0) is 0 Å². The molecule has 0 bridgehead atoms. The fourth-order valence-electron chi connectivity index (χ4n) is 1.30. The molecular weight excluding hydrogens is 296 g/mol. The molecule has 2 nitrogen and oxygen atoms in total. The molecule has 0 amide bonds. The topological polar surface area (TPSA) is 26.0 Å². The standard InChI is InChI=1S/C11H8BrClFNO/c1-6(13)11-15-5-10(16-11)7-2-8(12)4-9(14)3-7/h2-6H,1H3. The minimum atomic E-state index is -0.332. The van der Waals surface area contributed by atoms with E-state index in [4.69, 9.17) is 16.0 Å². The quantitative estimate of drug-likeness (QED) is 0.761. The second-order valence-corrected chi connectivity index (χ2v) is 4.91. The van der Waals surface area contributed by atoms with Crippen LogP contribution in [0.2, 0.25) is 0 Å². The summed E-state index contributed by atoms with van der Waals surface area (Å²) in [6, 6.07) is 4.52. The molecule has 0 N–H and O–H groups in total. The fraction of sp³-hybridized carbons (Fsp3) is 0.182. The van der Waals surface area contributed by atoms with E-state index in [9.17, 15) is 4.39 Å². The summed E-state index contributed by atoms with van der Waals surface area (Å²) in [5.74, 6) is 0.598. The smallest absolute Gasteiger partial charge is 0.212 e. The van der Waals surface area contributed by atoms with Crippen LogP contribution in [0.3, 0.4) is 0 Å². The number of oxazole rings is 1. The first-order chi connectivity index (χ1) is 7.56. The molecule has 1 aromatic carbocycles. The molecule has 2 rings (SSSR count). The molecule has 1 aromatic heterocycles. The maximum absolute atomic E-state index is 13.2. The van der Waals surface area contributed by atoms with Gasteiger partial charge >= 0.3 is 0 Å². The normalized spacial score (nSPS) is 12.8. The number of alkyl halides is 1. The largest absolute Gasteiger partial charge is 0.439 e. The van der Waals surface area contributed by atoms with Gasteiger partial charge in [-0.3, -0.25) is 0 Å². The Morgan fingerprint density at radius 3 is 2.75 bits per heavy atom. The van der Waals surface area contributed by atoms with Crippen LogP contribution < -0.4 is 0 Å². The summed E-state index contributed by atoms with van der Waals surface area (Å²) in [5, 5.41) is -0.300. The highest BCUT2D eigenvalue weighted by Gasteiger charge is 2.11. The summed E-state index contributed by atoms with van der Waals surface area (Å²) in [7, 11) is 0. The van der Waals surface area contributed by atoms with E-state index in [2.05, 4.69) is 20.9 Å². The third kappa shape index (κ3) is 2.44. The molecule has 1 unspecified atom stereocenters. The molecule has 0 saturated carbocycles. The van der Waals surface area contributed by atoms with E-state index < -0.39 is 0 Å². The van der Waals surface area contributed by atoms with Gasteiger partial charge in [0.05, 0.1) is 6.20 Å². The van der Waals surface area contributed by atoms with E-state index in [0.29, 0.717) is 21.7 Å². The third-order valence-corrected chi connectivity index (χ3v) is 2.66. The summed E-state index contributed by atoms with van der Waals surface area (Å²) in [6.07, 6.45) is 1.54. The van der Waals surface area contributed by atoms with Crippen LogP contribution in [-0.4, -0.2) is 4.98 Å². The molecule has 16 heavy (non-hydrogen) atoms. The highest BCUT2D eigenvalue weighted by atomic mass is 79.9. The molecule has 0 radical (unpaired) electrons. The van der Waals surface area contributed by atoms with Crippen molar-refractivity contribution in [1.29, 1.82) is 0 Å². The molecule has 2 aromatic rings. The van der Waals surface area contributed by atoms with Gasteiger partial charge in [-0.15, -0.1) is 11.6 Å². The maximum Gasteiger partial charge on any atom is 0.212 e. The third-order valence-electron chi connectivity index (χ3n) is 2.01. The lowest BCUT2D eigenvalue weighted by Crippen LogP contribution is -1.81. The van der Waals surface area contributed by atoms with E-state index in [1.54, 1.807) is 13.0 Å². The SMILES string of the molecule is CC(Cl)c1ncc(-c2cc(F)cc(Br)c2)o1. The van der Waals surface area contributed by atoms with Crippen molar-refractivity contribution in [1.82, 2.24) is 4.98 Å². The van der Waals surface area contributed by atoms with Crippen LogP contribution in [0, 0.1) is 5.82 Å². The minimum absolute atomic E-state index is 0.300. The summed E-state index contributed by atoms with van der Waals surface area (Å²) in [4.78, 5) is 4.02. The van der Waals surface area contributed by atoms with Gasteiger partial charge in [0.25, 0.3) is 0 Å². The average molecular weight is 305 g/mol. The van der Waals surface area contributed by atoms with Crippen LogP contribution in [0.25, 0.3) is 11.3 Å². The highest BCUT2D eigenvalue weighted by molar-refractivity contribution is 9.10. The summed E-state index contributed by atoms with van der Waals surface area (Å²) in [6.45, 7) is 1.76. The zero-order valence-corrected chi connectivity index (χ0v) is 10.7. The average Bonchev–Trinajstić information content (AvgIpc) is 2.64. The Hall–Kier alpha value is -0.870. The van der Waals surface area contributed by atoms with Gasteiger partial charge in [-0.1, -0.05) is 15.9 Å². The number of rotatable bonds is 2. The highest BCUT2D eigenvalue weighted by Crippen LogP contribution is 2.28. The Bertz CT molecular complexity index is 492. The molecule has 0 saturated heterocycles. The van der Waals surface area contributed by atoms with Crippen LogP contribution in [0.4, 0.5) is 4.39 Å². The van der Waals surface area contributed by atoms with Crippen molar-refractivity contribution in [2.24, 2.45) is 0 Å². The van der Waals surface area contributed by atoms with Crippen molar-refractivity contribution in [3.05, 3.63) is 40.6 Å². The number of nitrogens with zero attached hydrogens (tertiary/aromatic N) is 1. The van der Waals surface area contributed by atoms with Gasteiger partial charge < -0.3 is 4.42 Å². The van der Waals surface area contributed by atoms with Gasteiger partial charge in [-0.05, 0) is 25.1 Å². The zero-order valence-electron chi connectivity index (χ0n) is 8.38. The van der Waals surface area contributed by atoms with E-state index in [1.165, 1.54) is 18.3 Å². The molecule has 0 aliphatic rings. The molecule has 84 valence electrons. The summed E-state index contributed by atoms with van der Waals surface area (Å²) in [5.41, 5.74) is 0.628. The maximum atomic E-state index is 13.2. The molecule has 0 fully saturated rings. The van der Waals surface area contributed by atoms with Crippen molar-refractivity contribution in [3.63, 3.8) is 0 Å². The second kappa shape index (κ2) is 4.55. The van der Waals surface area contributed by atoms with Crippen molar-refractivity contribution >= 4 is 27.5 Å². The molecular formula is C11H8BrClFNO. The monoisotopic (exact) mass is 303 g/mol. The number of halogens is 3. The van der Waals surface area contributed by atoms with Gasteiger partial charge in [-0.2, -0.15) is 0 Å². The lowest BCUT2D eigenvalue weighted by molar-refractivity contribution is 0.507. The van der Waals surface area contributed by atoms with Crippen LogP contribution >= 0.6 is 27.5 Å². The van der Waals surface area contributed by atoms with E-state index in [-0.39, 0.29) is 11.2 Å². The number of hydrogen-bond acceptors (Lipinski definition) is 2. The van der Waals surface area contributed by atoms with Gasteiger partial charge in [0.1, 0.15) is 11.2 Å². The van der Waals surface area contributed by atoms with Crippen molar-refractivity contribution in [3.8, 4) is 11.3 Å². The number of hydrogen-bond donors (Lipinski definition) is 0. The molecule has 0 spiro atoms. The Morgan fingerprint density at radius 2 is 2.19 bits per heavy atom. The van der Waals surface area contributed by atoms with Gasteiger partial charge in [0.15, 0.2) is 5.76 Å². The molecule has 1 atom stereocenters. The fourth-order valence-corrected chi connectivity index (χ4v) is 1.87. The minimum Gasteiger partial charge on any atom is -0.439 e. The van der Waals surface area contributed by atoms with Crippen LogP contribution in [0.1, 0.15) is 18.2 Å². The van der Waals surface area contributed by atoms with Crippen molar-refractivity contribution in [2.45, 2.75) is 12.3 Å². The molecule has 0 aliphatic heterocycles. The first-order valence-corrected chi connectivity index (χ1v) is 5.85. The van der Waals surface area contributed by atoms with E-state index in [1.807, 2.05) is 0 Å². The Kier molecular flexibility index (Phi) is 3.30. The first-order valence-electron chi connectivity index (χ1n) is 4.62. The predicted octanol–water partition coefficient (Wildman–Crippen LogP) is 4.54. The predicted molar refractivity (Wildman–Crippen MR) is 63.9 cm³/mol. The zero-order chi connectivity index (χ0) is 11.7. The van der Waals surface area contributed by atoms with Crippen LogP contribution in [0.5, 0.6) is 0 Å². The Balaban J connectivity index is 2.42. The van der Waals surface area contributed by atoms with Crippen molar-refractivity contribution < 1.29 is 8.81 Å². The lowest BCUT2D eigenvalue weighted by Gasteiger charge is -1.99. The number of benzene rings is 1. The van der Waals surface area contributed by atoms with Crippen molar-refractivity contribution in [2.75, 3.05) is 0 Å². The van der Waals surface area contributed by atoms with Crippen LogP contribution in [0.15, 0.2) is 33.3 Å². The summed E-state index contributed by atoms with van der Waals surface area (Å²) >= 11 is 9.04. The van der Waals surface area contributed by atoms with Gasteiger partial charge in [0.2, 0.25) is 5.89 Å². The Morgan fingerprint density at radius 1 is 1.44 bits per heavy atom. The summed E-state index contributed by atoms with van der Waals surface area (Å²) < 4.78 is 19.2. The number of aromatic nitrogens is 1.